The molecule has 1 fully saturated rings. The molecule has 0 aliphatic carbocycles. The number of ether oxygens (including phenoxy) is 4. The minimum absolute atomic E-state index is 0.250. The van der Waals surface area contributed by atoms with Crippen molar-refractivity contribution in [3.8, 4) is 11.5 Å². The zero-order valence-electron chi connectivity index (χ0n) is 23.4. The molecular formula is C29H43N3O6. The smallest absolute Gasteiger partial charge is 0.356 e. The Labute approximate surface area is 226 Å². The van der Waals surface area contributed by atoms with E-state index in [1.807, 2.05) is 6.92 Å². The molecule has 1 aromatic carbocycles. The van der Waals surface area contributed by atoms with Crippen LogP contribution in [0.3, 0.4) is 0 Å². The molecule has 0 N–H and O–H groups in total. The number of hydrogen-bond donors (Lipinski definition) is 0. The lowest BCUT2D eigenvalue weighted by Crippen LogP contribution is -2.34. The van der Waals surface area contributed by atoms with E-state index in [-0.39, 0.29) is 12.1 Å². The largest absolute Gasteiger partial charge is 0.493 e. The number of hydrogen-bond acceptors (Lipinski definition) is 9. The number of benzene rings is 1. The summed E-state index contributed by atoms with van der Waals surface area (Å²) in [6.45, 7) is 12.0. The van der Waals surface area contributed by atoms with Gasteiger partial charge in [-0.15, -0.1) is 0 Å². The minimum Gasteiger partial charge on any atom is -0.493 e. The van der Waals surface area contributed by atoms with Crippen LogP contribution in [0.2, 0.25) is 0 Å². The molecule has 2 heterocycles. The van der Waals surface area contributed by atoms with Gasteiger partial charge in [0.2, 0.25) is 0 Å². The Bertz CT molecular complexity index is 993. The summed E-state index contributed by atoms with van der Waals surface area (Å²) < 4.78 is 23.1. The maximum absolute atomic E-state index is 12.8. The average Bonchev–Trinajstić information content (AvgIpc) is 3.14. The fourth-order valence-electron chi connectivity index (χ4n) is 4.91. The van der Waals surface area contributed by atoms with Gasteiger partial charge in [-0.2, -0.15) is 0 Å². The fraction of sp³-hybridized carbons (Fsp3) is 0.621. The first-order chi connectivity index (χ1) is 18.4. The van der Waals surface area contributed by atoms with Crippen molar-refractivity contribution in [2.24, 2.45) is 4.99 Å². The van der Waals surface area contributed by atoms with Crippen LogP contribution in [0.5, 0.6) is 11.5 Å². The van der Waals surface area contributed by atoms with Crippen LogP contribution < -0.4 is 9.47 Å². The van der Waals surface area contributed by atoms with E-state index in [0.29, 0.717) is 48.8 Å². The quantitative estimate of drug-likeness (QED) is 0.328. The predicted molar refractivity (Wildman–Crippen MR) is 147 cm³/mol. The second-order valence-corrected chi connectivity index (χ2v) is 9.72. The van der Waals surface area contributed by atoms with Crippen molar-refractivity contribution < 1.29 is 28.5 Å². The lowest BCUT2D eigenvalue weighted by molar-refractivity contribution is -0.145. The van der Waals surface area contributed by atoms with Crippen molar-refractivity contribution in [1.82, 2.24) is 9.80 Å². The summed E-state index contributed by atoms with van der Waals surface area (Å²) >= 11 is 0. The highest BCUT2D eigenvalue weighted by atomic mass is 16.5. The van der Waals surface area contributed by atoms with Gasteiger partial charge in [-0.25, -0.2) is 9.59 Å². The molecule has 1 saturated heterocycles. The molecule has 210 valence electrons. The summed E-state index contributed by atoms with van der Waals surface area (Å²) in [5, 5.41) is 0. The lowest BCUT2D eigenvalue weighted by atomic mass is 10.1. The number of fused-ring (bicyclic) bond motifs is 5. The SMILES string of the molecule is CC=N/C(=C\C)C(=O)OC1CCCOc2cc(cc(C)c2OC)C(=O)OCCCN2CCCN(CC1)CC2. The average molecular weight is 530 g/mol. The monoisotopic (exact) mass is 529 g/mol. The Kier molecular flexibility index (Phi) is 12.1. The van der Waals surface area contributed by atoms with Crippen LogP contribution in [0.15, 0.2) is 28.9 Å². The number of aryl methyl sites for hydroxylation is 1. The van der Waals surface area contributed by atoms with Gasteiger partial charge in [0.25, 0.3) is 0 Å². The van der Waals surface area contributed by atoms with Gasteiger partial charge in [0, 0.05) is 32.4 Å². The first-order valence-electron chi connectivity index (χ1n) is 13.7. The van der Waals surface area contributed by atoms with Crippen LogP contribution in [0, 0.1) is 6.92 Å². The summed E-state index contributed by atoms with van der Waals surface area (Å²) in [4.78, 5) is 34.5. The molecule has 0 radical (unpaired) electrons. The van der Waals surface area contributed by atoms with E-state index in [1.165, 1.54) is 0 Å². The van der Waals surface area contributed by atoms with Gasteiger partial charge in [-0.05, 0) is 83.7 Å². The van der Waals surface area contributed by atoms with Gasteiger partial charge in [0.1, 0.15) is 11.8 Å². The number of carbonyl (C=O) groups is 2. The van der Waals surface area contributed by atoms with Crippen LogP contribution in [0.1, 0.15) is 61.9 Å². The number of nitrogens with zero attached hydrogens (tertiary/aromatic N) is 3. The van der Waals surface area contributed by atoms with Crippen LogP contribution in [-0.4, -0.2) is 93.6 Å². The number of methoxy groups -OCH3 is 1. The van der Waals surface area contributed by atoms with Gasteiger partial charge in [-0.1, -0.05) is 6.08 Å². The number of esters is 2. The van der Waals surface area contributed by atoms with E-state index in [0.717, 1.165) is 64.1 Å². The van der Waals surface area contributed by atoms with Gasteiger partial charge in [0.15, 0.2) is 11.5 Å². The van der Waals surface area contributed by atoms with E-state index >= 15 is 0 Å². The molecule has 9 nitrogen and oxygen atoms in total. The third kappa shape index (κ3) is 8.84. The van der Waals surface area contributed by atoms with Crippen LogP contribution in [0.4, 0.5) is 0 Å². The minimum atomic E-state index is -0.402. The van der Waals surface area contributed by atoms with E-state index < -0.39 is 5.97 Å². The first-order valence-corrected chi connectivity index (χ1v) is 13.7. The van der Waals surface area contributed by atoms with E-state index in [2.05, 4.69) is 14.8 Å². The lowest BCUT2D eigenvalue weighted by Gasteiger charge is -2.24. The molecule has 9 heteroatoms. The molecule has 3 atom stereocenters. The third-order valence-electron chi connectivity index (χ3n) is 6.93. The van der Waals surface area contributed by atoms with E-state index in [1.54, 1.807) is 45.4 Å². The van der Waals surface area contributed by atoms with Gasteiger partial charge >= 0.3 is 11.9 Å². The molecule has 1 aromatic rings. The van der Waals surface area contributed by atoms with Crippen molar-refractivity contribution in [2.75, 3.05) is 59.6 Å². The molecule has 38 heavy (non-hydrogen) atoms. The molecule has 2 aliphatic rings. The normalized spacial score (nSPS) is 24.4. The van der Waals surface area contributed by atoms with Crippen molar-refractivity contribution >= 4 is 18.2 Å². The second-order valence-electron chi connectivity index (χ2n) is 9.72. The molecule has 0 spiro atoms. The van der Waals surface area contributed by atoms with Gasteiger partial charge in [0.05, 0.1) is 25.9 Å². The molecule has 2 aliphatic heterocycles. The summed E-state index contributed by atoms with van der Waals surface area (Å²) in [5.41, 5.74) is 1.57. The Morgan fingerprint density at radius 3 is 2.39 bits per heavy atom. The Morgan fingerprint density at radius 2 is 1.68 bits per heavy atom. The topological polar surface area (TPSA) is 89.9 Å². The summed E-state index contributed by atoms with van der Waals surface area (Å²) in [5.74, 6) is 0.340. The zero-order valence-corrected chi connectivity index (χ0v) is 23.4. The maximum Gasteiger partial charge on any atom is 0.356 e. The Balaban J connectivity index is 1.77. The number of aliphatic imine (C=N–C) groups is 1. The molecule has 0 saturated carbocycles. The number of cyclic esters (lactones) is 1. The summed E-state index contributed by atoms with van der Waals surface area (Å²) in [7, 11) is 1.59. The molecule has 0 amide bonds. The Morgan fingerprint density at radius 1 is 0.974 bits per heavy atom. The van der Waals surface area contributed by atoms with E-state index in [9.17, 15) is 9.59 Å². The van der Waals surface area contributed by atoms with Crippen LogP contribution >= 0.6 is 0 Å². The van der Waals surface area contributed by atoms with Gasteiger partial charge in [-0.3, -0.25) is 4.99 Å². The number of allylic oxidation sites excluding steroid dienone is 1. The molecule has 3 unspecified atom stereocenters. The third-order valence-corrected chi connectivity index (χ3v) is 6.93. The summed E-state index contributed by atoms with van der Waals surface area (Å²) in [6, 6.07) is 3.45. The molecule has 3 rings (SSSR count). The molecule has 0 aromatic heterocycles. The van der Waals surface area contributed by atoms with Crippen molar-refractivity contribution in [2.45, 2.75) is 59.0 Å². The Hall–Kier alpha value is -2.91. The maximum atomic E-state index is 12.8. The standard InChI is InChI=1S/C29H43N3O6/c1-5-25(30-6-2)29(34)38-24-10-7-18-36-26-21-23(20-22(3)27(26)35-4)28(33)37-19-9-14-31-12-8-13-32(15-11-24)17-16-31/h5-6,20-21,24H,7-19H2,1-4H3/b25-5-,30-6?. The fourth-order valence-corrected chi connectivity index (χ4v) is 4.91. The summed E-state index contributed by atoms with van der Waals surface area (Å²) in [6.07, 6.45) is 6.96. The van der Waals surface area contributed by atoms with Crippen molar-refractivity contribution in [1.29, 1.82) is 0 Å². The first kappa shape index (κ1) is 29.6. The van der Waals surface area contributed by atoms with E-state index in [4.69, 9.17) is 18.9 Å². The molecule has 4 bridgehead atoms. The number of carbonyl (C=O) groups excluding carboxylic acids is 2. The second kappa shape index (κ2) is 15.5. The highest BCUT2D eigenvalue weighted by molar-refractivity contribution is 5.91. The van der Waals surface area contributed by atoms with Crippen molar-refractivity contribution in [3.63, 3.8) is 0 Å². The zero-order chi connectivity index (χ0) is 27.3. The van der Waals surface area contributed by atoms with Crippen LogP contribution in [-0.2, 0) is 14.3 Å². The molecular weight excluding hydrogens is 486 g/mol. The van der Waals surface area contributed by atoms with Crippen molar-refractivity contribution in [3.05, 3.63) is 35.0 Å². The number of rotatable bonds is 4. The predicted octanol–water partition coefficient (Wildman–Crippen LogP) is 4.03. The highest BCUT2D eigenvalue weighted by Gasteiger charge is 2.21. The van der Waals surface area contributed by atoms with Gasteiger partial charge < -0.3 is 28.7 Å². The van der Waals surface area contributed by atoms with Crippen LogP contribution in [0.25, 0.3) is 0 Å². The highest BCUT2D eigenvalue weighted by Crippen LogP contribution is 2.33.